The summed E-state index contributed by atoms with van der Waals surface area (Å²) in [5.74, 6) is 0.965. The van der Waals surface area contributed by atoms with Gasteiger partial charge in [-0.05, 0) is 49.6 Å². The summed E-state index contributed by atoms with van der Waals surface area (Å²) in [7, 11) is 0. The molecule has 2 aromatic carbocycles. The predicted octanol–water partition coefficient (Wildman–Crippen LogP) is 4.23. The van der Waals surface area contributed by atoms with E-state index in [0.29, 0.717) is 11.6 Å². The van der Waals surface area contributed by atoms with Crippen molar-refractivity contribution in [2.45, 2.75) is 32.4 Å². The van der Waals surface area contributed by atoms with Crippen molar-refractivity contribution < 1.29 is 9.21 Å². The first-order chi connectivity index (χ1) is 16.2. The van der Waals surface area contributed by atoms with Crippen molar-refractivity contribution in [2.75, 3.05) is 13.1 Å². The van der Waals surface area contributed by atoms with Gasteiger partial charge in [0.25, 0.3) is 5.91 Å². The SMILES string of the molecule is Cc1ccc(-n2nc(C(=O)NC3CCN(Cc4ccccc4)CC3)nc2-c2ccco2)cc1. The second kappa shape index (κ2) is 9.42. The van der Waals surface area contributed by atoms with Crippen molar-refractivity contribution in [1.29, 1.82) is 0 Å². The number of aromatic nitrogens is 3. The molecule has 7 heteroatoms. The molecule has 168 valence electrons. The van der Waals surface area contributed by atoms with Gasteiger partial charge in [-0.1, -0.05) is 48.0 Å². The number of aryl methyl sites for hydroxylation is 1. The molecule has 3 heterocycles. The number of nitrogens with zero attached hydrogens (tertiary/aromatic N) is 4. The van der Waals surface area contributed by atoms with Gasteiger partial charge in [0.1, 0.15) is 0 Å². The second-order valence-corrected chi connectivity index (χ2v) is 8.49. The number of benzene rings is 2. The van der Waals surface area contributed by atoms with Gasteiger partial charge in [-0.25, -0.2) is 4.68 Å². The fourth-order valence-electron chi connectivity index (χ4n) is 4.17. The number of rotatable bonds is 6. The Kier molecular flexibility index (Phi) is 6.04. The molecule has 1 aliphatic rings. The third-order valence-corrected chi connectivity index (χ3v) is 6.00. The highest BCUT2D eigenvalue weighted by Gasteiger charge is 2.25. The van der Waals surface area contributed by atoms with Gasteiger partial charge in [-0.15, -0.1) is 5.10 Å². The van der Waals surface area contributed by atoms with Gasteiger partial charge in [-0.3, -0.25) is 9.69 Å². The van der Waals surface area contributed by atoms with E-state index in [-0.39, 0.29) is 17.8 Å². The number of furan rings is 1. The van der Waals surface area contributed by atoms with Crippen LogP contribution in [0.4, 0.5) is 0 Å². The summed E-state index contributed by atoms with van der Waals surface area (Å²) in [6, 6.07) is 22.1. The number of carbonyl (C=O) groups excluding carboxylic acids is 1. The molecule has 1 aliphatic heterocycles. The monoisotopic (exact) mass is 441 g/mol. The molecular formula is C26H27N5O2. The average molecular weight is 442 g/mol. The summed E-state index contributed by atoms with van der Waals surface area (Å²) in [5.41, 5.74) is 3.29. The number of likely N-dealkylation sites (tertiary alicyclic amines) is 1. The van der Waals surface area contributed by atoms with E-state index in [1.165, 1.54) is 5.56 Å². The number of nitrogens with one attached hydrogen (secondary N) is 1. The van der Waals surface area contributed by atoms with Gasteiger partial charge in [0, 0.05) is 25.7 Å². The molecule has 0 radical (unpaired) electrons. The van der Waals surface area contributed by atoms with Crippen LogP contribution in [-0.2, 0) is 6.54 Å². The van der Waals surface area contributed by atoms with Gasteiger partial charge < -0.3 is 9.73 Å². The van der Waals surface area contributed by atoms with Crippen molar-refractivity contribution >= 4 is 5.91 Å². The zero-order valence-corrected chi connectivity index (χ0v) is 18.6. The van der Waals surface area contributed by atoms with E-state index in [1.807, 2.05) is 43.3 Å². The maximum absolute atomic E-state index is 13.0. The summed E-state index contributed by atoms with van der Waals surface area (Å²) in [6.07, 6.45) is 3.40. The lowest BCUT2D eigenvalue weighted by Gasteiger charge is -2.32. The Hall–Kier alpha value is -3.71. The van der Waals surface area contributed by atoms with E-state index < -0.39 is 0 Å². The number of hydrogen-bond acceptors (Lipinski definition) is 5. The lowest BCUT2D eigenvalue weighted by molar-refractivity contribution is 0.0898. The highest BCUT2D eigenvalue weighted by Crippen LogP contribution is 2.22. The molecule has 33 heavy (non-hydrogen) atoms. The molecule has 0 saturated carbocycles. The molecule has 0 bridgehead atoms. The average Bonchev–Trinajstić information content (AvgIpc) is 3.52. The van der Waals surface area contributed by atoms with Crippen molar-refractivity contribution in [3.05, 3.63) is 89.9 Å². The first-order valence-electron chi connectivity index (χ1n) is 11.3. The molecule has 2 aromatic heterocycles. The first-order valence-corrected chi connectivity index (χ1v) is 11.3. The highest BCUT2D eigenvalue weighted by molar-refractivity contribution is 5.91. The molecule has 4 aromatic rings. The minimum atomic E-state index is -0.254. The molecular weight excluding hydrogens is 414 g/mol. The standard InChI is InChI=1S/C26H27N5O2/c1-19-9-11-22(12-10-19)31-25(23-8-5-17-33-23)28-24(29-31)26(32)27-21-13-15-30(16-14-21)18-20-6-3-2-4-7-20/h2-12,17,21H,13-16,18H2,1H3,(H,27,32). The first kappa shape index (κ1) is 21.2. The third-order valence-electron chi connectivity index (χ3n) is 6.00. The Morgan fingerprint density at radius 2 is 1.79 bits per heavy atom. The largest absolute Gasteiger partial charge is 0.461 e. The molecule has 5 rings (SSSR count). The summed E-state index contributed by atoms with van der Waals surface area (Å²) >= 11 is 0. The van der Waals surface area contributed by atoms with E-state index in [0.717, 1.165) is 43.7 Å². The van der Waals surface area contributed by atoms with Crippen LogP contribution in [0.1, 0.15) is 34.6 Å². The van der Waals surface area contributed by atoms with Crippen LogP contribution in [0.2, 0.25) is 0 Å². The molecule has 0 spiro atoms. The Morgan fingerprint density at radius 3 is 2.48 bits per heavy atom. The minimum Gasteiger partial charge on any atom is -0.461 e. The normalized spacial score (nSPS) is 14.9. The molecule has 1 N–H and O–H groups in total. The van der Waals surface area contributed by atoms with Crippen LogP contribution in [0.3, 0.4) is 0 Å². The van der Waals surface area contributed by atoms with Crippen molar-refractivity contribution in [2.24, 2.45) is 0 Å². The summed E-state index contributed by atoms with van der Waals surface area (Å²) < 4.78 is 7.21. The smallest absolute Gasteiger partial charge is 0.291 e. The van der Waals surface area contributed by atoms with Gasteiger partial charge in [0.05, 0.1) is 12.0 Å². The Labute approximate surface area is 193 Å². The number of hydrogen-bond donors (Lipinski definition) is 1. The molecule has 1 fully saturated rings. The van der Waals surface area contributed by atoms with Gasteiger partial charge >= 0.3 is 0 Å². The lowest BCUT2D eigenvalue weighted by Crippen LogP contribution is -2.44. The van der Waals surface area contributed by atoms with Gasteiger partial charge in [0.2, 0.25) is 5.82 Å². The summed E-state index contributed by atoms with van der Waals surface area (Å²) in [5, 5.41) is 7.66. The fourth-order valence-corrected chi connectivity index (χ4v) is 4.17. The van der Waals surface area contributed by atoms with E-state index in [1.54, 1.807) is 17.0 Å². The second-order valence-electron chi connectivity index (χ2n) is 8.49. The van der Waals surface area contributed by atoms with E-state index >= 15 is 0 Å². The minimum absolute atomic E-state index is 0.114. The summed E-state index contributed by atoms with van der Waals surface area (Å²) in [6.45, 7) is 4.87. The van der Waals surface area contributed by atoms with Crippen LogP contribution in [0.25, 0.3) is 17.3 Å². The van der Waals surface area contributed by atoms with E-state index in [4.69, 9.17) is 4.42 Å². The topological polar surface area (TPSA) is 76.2 Å². The lowest BCUT2D eigenvalue weighted by atomic mass is 10.0. The van der Waals surface area contributed by atoms with Crippen LogP contribution in [-0.4, -0.2) is 44.7 Å². The fraction of sp³-hybridized carbons (Fsp3) is 0.269. The Balaban J connectivity index is 1.27. The van der Waals surface area contributed by atoms with Gasteiger partial charge in [-0.2, -0.15) is 4.98 Å². The molecule has 1 amide bonds. The molecule has 0 aliphatic carbocycles. The number of piperidine rings is 1. The van der Waals surface area contributed by atoms with Crippen molar-refractivity contribution in [3.63, 3.8) is 0 Å². The zero-order chi connectivity index (χ0) is 22.6. The third kappa shape index (κ3) is 4.88. The number of amides is 1. The highest BCUT2D eigenvalue weighted by atomic mass is 16.3. The maximum atomic E-state index is 13.0. The van der Waals surface area contributed by atoms with Crippen LogP contribution in [0.5, 0.6) is 0 Å². The van der Waals surface area contributed by atoms with Crippen LogP contribution in [0.15, 0.2) is 77.4 Å². The van der Waals surface area contributed by atoms with E-state index in [2.05, 4.69) is 44.6 Å². The molecule has 7 nitrogen and oxygen atoms in total. The Morgan fingerprint density at radius 1 is 1.03 bits per heavy atom. The predicted molar refractivity (Wildman–Crippen MR) is 126 cm³/mol. The van der Waals surface area contributed by atoms with E-state index in [9.17, 15) is 4.79 Å². The molecule has 1 saturated heterocycles. The number of carbonyl (C=O) groups is 1. The molecule has 0 atom stereocenters. The molecule has 0 unspecified atom stereocenters. The van der Waals surface area contributed by atoms with Crippen molar-refractivity contribution in [1.82, 2.24) is 25.0 Å². The van der Waals surface area contributed by atoms with Crippen LogP contribution < -0.4 is 5.32 Å². The Bertz CT molecular complexity index is 1190. The summed E-state index contributed by atoms with van der Waals surface area (Å²) in [4.78, 5) is 20.0. The van der Waals surface area contributed by atoms with Gasteiger partial charge in [0.15, 0.2) is 11.6 Å². The zero-order valence-electron chi connectivity index (χ0n) is 18.6. The maximum Gasteiger partial charge on any atom is 0.291 e. The quantitative estimate of drug-likeness (QED) is 0.485. The van der Waals surface area contributed by atoms with Crippen LogP contribution in [0, 0.1) is 6.92 Å². The van der Waals surface area contributed by atoms with Crippen LogP contribution >= 0.6 is 0 Å². The van der Waals surface area contributed by atoms with Crippen molar-refractivity contribution in [3.8, 4) is 17.3 Å².